The number of para-hydroxylation sites is 1. The van der Waals surface area contributed by atoms with Gasteiger partial charge in [-0.1, -0.05) is 60.7 Å². The van der Waals surface area contributed by atoms with Gasteiger partial charge in [-0.3, -0.25) is 9.69 Å². The van der Waals surface area contributed by atoms with Crippen molar-refractivity contribution in [3.8, 4) is 28.7 Å². The predicted molar refractivity (Wildman–Crippen MR) is 164 cm³/mol. The van der Waals surface area contributed by atoms with E-state index in [0.29, 0.717) is 31.9 Å². The third kappa shape index (κ3) is 6.79. The summed E-state index contributed by atoms with van der Waals surface area (Å²) in [5, 5.41) is 9.96. The highest BCUT2D eigenvalue weighted by Crippen LogP contribution is 2.38. The molecule has 2 unspecified atom stereocenters. The summed E-state index contributed by atoms with van der Waals surface area (Å²) in [7, 11) is 0. The predicted octanol–water partition coefficient (Wildman–Crippen LogP) is 7.85. The maximum Gasteiger partial charge on any atom is 0.320 e. The molecule has 1 aliphatic rings. The van der Waals surface area contributed by atoms with Crippen molar-refractivity contribution >= 4 is 5.97 Å². The van der Waals surface area contributed by atoms with Gasteiger partial charge in [-0.05, 0) is 79.4 Å². The van der Waals surface area contributed by atoms with Crippen LogP contribution in [-0.2, 0) is 17.8 Å². The fourth-order valence-corrected chi connectivity index (χ4v) is 5.62. The summed E-state index contributed by atoms with van der Waals surface area (Å²) in [6.07, 6.45) is 2.02. The molecule has 0 bridgehead atoms. The zero-order valence-electron chi connectivity index (χ0n) is 24.1. The lowest BCUT2D eigenvalue weighted by molar-refractivity contribution is -0.142. The van der Waals surface area contributed by atoms with E-state index in [1.807, 2.05) is 116 Å². The number of oxazole rings is 1. The number of hydrogen-bond acceptors (Lipinski definition) is 6. The molecule has 1 aromatic heterocycles. The molecule has 1 fully saturated rings. The fourth-order valence-electron chi connectivity index (χ4n) is 5.62. The number of benzene rings is 4. The van der Waals surface area contributed by atoms with Crippen molar-refractivity contribution in [1.29, 1.82) is 0 Å². The Morgan fingerprint density at radius 3 is 2.21 bits per heavy atom. The van der Waals surface area contributed by atoms with Gasteiger partial charge < -0.3 is 19.0 Å². The Labute approximate surface area is 251 Å². The van der Waals surface area contributed by atoms with Gasteiger partial charge in [0.1, 0.15) is 29.1 Å². The van der Waals surface area contributed by atoms with Gasteiger partial charge in [0.15, 0.2) is 0 Å². The number of nitrogens with zero attached hydrogens (tertiary/aromatic N) is 2. The maximum atomic E-state index is 12.1. The zero-order valence-corrected chi connectivity index (χ0v) is 24.1. The van der Waals surface area contributed by atoms with Gasteiger partial charge in [-0.15, -0.1) is 0 Å². The number of carboxylic acid groups (broad SMARTS) is 1. The average molecular weight is 575 g/mol. The van der Waals surface area contributed by atoms with E-state index in [-0.39, 0.29) is 6.04 Å². The SMILES string of the molecule is Cc1oc(-c2ccccc2)nc1CCOc1ccc(C2CCC(C(=O)O)N2Cc2ccc(Oc3ccccc3)cc2)cc1. The molecule has 7 nitrogen and oxygen atoms in total. The summed E-state index contributed by atoms with van der Waals surface area (Å²) in [6, 6.07) is 34.8. The van der Waals surface area contributed by atoms with Crippen LogP contribution in [0.3, 0.4) is 0 Å². The molecule has 218 valence electrons. The van der Waals surface area contributed by atoms with Gasteiger partial charge in [-0.2, -0.15) is 0 Å². The Bertz CT molecular complexity index is 1630. The highest BCUT2D eigenvalue weighted by Gasteiger charge is 2.38. The Balaban J connectivity index is 1.08. The summed E-state index contributed by atoms with van der Waals surface area (Å²) < 4.78 is 17.8. The van der Waals surface area contributed by atoms with E-state index >= 15 is 0 Å². The third-order valence-electron chi connectivity index (χ3n) is 7.85. The second kappa shape index (κ2) is 13.0. The second-order valence-corrected chi connectivity index (χ2v) is 10.7. The van der Waals surface area contributed by atoms with Gasteiger partial charge in [0.05, 0.1) is 12.3 Å². The summed E-state index contributed by atoms with van der Waals surface area (Å²) in [4.78, 5) is 18.9. The Kier molecular flexibility index (Phi) is 8.52. The molecule has 4 aromatic carbocycles. The van der Waals surface area contributed by atoms with Crippen LogP contribution in [-0.4, -0.2) is 33.6 Å². The summed E-state index contributed by atoms with van der Waals surface area (Å²) in [5.41, 5.74) is 3.96. The second-order valence-electron chi connectivity index (χ2n) is 10.7. The Hall–Kier alpha value is -4.88. The lowest BCUT2D eigenvalue weighted by Gasteiger charge is -2.28. The Morgan fingerprint density at radius 2 is 1.51 bits per heavy atom. The number of aromatic nitrogens is 1. The topological polar surface area (TPSA) is 85.0 Å². The molecular weight excluding hydrogens is 540 g/mol. The quantitative estimate of drug-likeness (QED) is 0.172. The number of carbonyl (C=O) groups is 1. The first-order valence-corrected chi connectivity index (χ1v) is 14.6. The standard InChI is InChI=1S/C36H34N2O5/c1-25-32(37-35(42-25)28-8-4-2-5-9-28)22-23-41-29-18-14-27(15-19-29)33-20-21-34(36(39)40)38(33)24-26-12-16-31(17-13-26)43-30-10-6-3-7-11-30/h2-19,33-34H,20-24H2,1H3,(H,39,40). The zero-order chi connectivity index (χ0) is 29.6. The summed E-state index contributed by atoms with van der Waals surface area (Å²) in [5.74, 6) is 2.92. The average Bonchev–Trinajstić information content (AvgIpc) is 3.63. The molecule has 1 saturated heterocycles. The fraction of sp³-hybridized carbons (Fsp3) is 0.222. The van der Waals surface area contributed by atoms with Crippen molar-refractivity contribution in [3.05, 3.63) is 132 Å². The molecule has 2 heterocycles. The largest absolute Gasteiger partial charge is 0.493 e. The van der Waals surface area contributed by atoms with Crippen molar-refractivity contribution in [2.24, 2.45) is 0 Å². The van der Waals surface area contributed by atoms with Gasteiger partial charge in [0.2, 0.25) is 5.89 Å². The Morgan fingerprint density at radius 1 is 0.860 bits per heavy atom. The number of ether oxygens (including phenoxy) is 2. The minimum atomic E-state index is -0.787. The highest BCUT2D eigenvalue weighted by atomic mass is 16.5. The van der Waals surface area contributed by atoms with Crippen LogP contribution in [0.2, 0.25) is 0 Å². The summed E-state index contributed by atoms with van der Waals surface area (Å²) >= 11 is 0. The molecule has 0 radical (unpaired) electrons. The molecule has 2 atom stereocenters. The third-order valence-corrected chi connectivity index (χ3v) is 7.85. The smallest absolute Gasteiger partial charge is 0.320 e. The van der Waals surface area contributed by atoms with Crippen molar-refractivity contribution in [2.45, 2.75) is 44.8 Å². The van der Waals surface area contributed by atoms with E-state index in [9.17, 15) is 9.90 Å². The molecule has 1 aliphatic heterocycles. The van der Waals surface area contributed by atoms with Crippen LogP contribution in [0.5, 0.6) is 17.2 Å². The number of likely N-dealkylation sites (tertiary alicyclic amines) is 1. The minimum Gasteiger partial charge on any atom is -0.493 e. The molecule has 5 aromatic rings. The first-order chi connectivity index (χ1) is 21.0. The number of rotatable bonds is 11. The molecular formula is C36H34N2O5. The summed E-state index contributed by atoms with van der Waals surface area (Å²) in [6.45, 7) is 2.93. The van der Waals surface area contributed by atoms with E-state index in [4.69, 9.17) is 13.9 Å². The van der Waals surface area contributed by atoms with Crippen molar-refractivity contribution in [1.82, 2.24) is 9.88 Å². The van der Waals surface area contributed by atoms with E-state index < -0.39 is 12.0 Å². The molecule has 0 amide bonds. The van der Waals surface area contributed by atoms with E-state index in [0.717, 1.165) is 51.8 Å². The number of aryl methyl sites for hydroxylation is 1. The number of carboxylic acids is 1. The maximum absolute atomic E-state index is 12.1. The van der Waals surface area contributed by atoms with Gasteiger partial charge in [0, 0.05) is 24.6 Å². The van der Waals surface area contributed by atoms with Gasteiger partial charge in [-0.25, -0.2) is 4.98 Å². The molecule has 7 heteroatoms. The van der Waals surface area contributed by atoms with Gasteiger partial charge >= 0.3 is 5.97 Å². The van der Waals surface area contributed by atoms with Crippen LogP contribution in [0, 0.1) is 6.92 Å². The van der Waals surface area contributed by atoms with Crippen LogP contribution in [0.15, 0.2) is 114 Å². The lowest BCUT2D eigenvalue weighted by Crippen LogP contribution is -2.36. The monoisotopic (exact) mass is 574 g/mol. The number of hydrogen-bond donors (Lipinski definition) is 1. The highest BCUT2D eigenvalue weighted by molar-refractivity contribution is 5.74. The van der Waals surface area contributed by atoms with Gasteiger partial charge in [0.25, 0.3) is 0 Å². The number of aliphatic carboxylic acids is 1. The van der Waals surface area contributed by atoms with Crippen LogP contribution < -0.4 is 9.47 Å². The molecule has 0 aliphatic carbocycles. The van der Waals surface area contributed by atoms with Crippen molar-refractivity contribution in [2.75, 3.05) is 6.61 Å². The van der Waals surface area contributed by atoms with Crippen LogP contribution >= 0.6 is 0 Å². The molecule has 6 rings (SSSR count). The first-order valence-electron chi connectivity index (χ1n) is 14.6. The molecule has 1 N–H and O–H groups in total. The first kappa shape index (κ1) is 28.2. The van der Waals surface area contributed by atoms with Crippen molar-refractivity contribution < 1.29 is 23.8 Å². The molecule has 0 saturated carbocycles. The molecule has 0 spiro atoms. The minimum absolute atomic E-state index is 0.00424. The normalized spacial score (nSPS) is 16.7. The van der Waals surface area contributed by atoms with E-state index in [1.54, 1.807) is 0 Å². The van der Waals surface area contributed by atoms with Crippen LogP contribution in [0.1, 0.15) is 41.5 Å². The van der Waals surface area contributed by atoms with Crippen molar-refractivity contribution in [3.63, 3.8) is 0 Å². The van der Waals surface area contributed by atoms with E-state index in [1.165, 1.54) is 0 Å². The molecule has 43 heavy (non-hydrogen) atoms. The van der Waals surface area contributed by atoms with Crippen LogP contribution in [0.25, 0.3) is 11.5 Å². The van der Waals surface area contributed by atoms with E-state index in [2.05, 4.69) is 9.88 Å². The van der Waals surface area contributed by atoms with Crippen LogP contribution in [0.4, 0.5) is 0 Å². The lowest BCUT2D eigenvalue weighted by atomic mass is 10.0.